The van der Waals surface area contributed by atoms with Gasteiger partial charge in [0.15, 0.2) is 4.47 Å². The van der Waals surface area contributed by atoms with Crippen molar-refractivity contribution >= 4 is 22.9 Å². The molecule has 3 nitrogen and oxygen atoms in total. The average Bonchev–Trinajstić information content (AvgIpc) is 2.76. The van der Waals surface area contributed by atoms with Crippen molar-refractivity contribution in [3.05, 3.63) is 44.9 Å². The molecule has 1 aromatic carbocycles. The zero-order valence-corrected chi connectivity index (χ0v) is 11.8. The maximum atomic E-state index is 5.76. The van der Waals surface area contributed by atoms with Crippen molar-refractivity contribution in [2.24, 2.45) is 0 Å². The lowest BCUT2D eigenvalue weighted by molar-refractivity contribution is 0.184. The SMILES string of the molecule is COCc1ccc(OCc2cnc(Cl)s2)cc1C. The minimum atomic E-state index is 0.494. The molecular formula is C13H14ClNO2S. The first-order valence-corrected chi connectivity index (χ1v) is 6.70. The fourth-order valence-electron chi connectivity index (χ4n) is 1.58. The number of rotatable bonds is 5. The summed E-state index contributed by atoms with van der Waals surface area (Å²) < 4.78 is 11.4. The van der Waals surface area contributed by atoms with Gasteiger partial charge in [0.2, 0.25) is 0 Å². The second-order valence-electron chi connectivity index (χ2n) is 3.89. The van der Waals surface area contributed by atoms with Gasteiger partial charge in [0.25, 0.3) is 0 Å². The van der Waals surface area contributed by atoms with Gasteiger partial charge in [-0.2, -0.15) is 0 Å². The summed E-state index contributed by atoms with van der Waals surface area (Å²) in [7, 11) is 1.69. The van der Waals surface area contributed by atoms with Crippen molar-refractivity contribution in [1.82, 2.24) is 4.98 Å². The largest absolute Gasteiger partial charge is 0.488 e. The Labute approximate surface area is 115 Å². The number of halogens is 1. The minimum absolute atomic E-state index is 0.494. The van der Waals surface area contributed by atoms with Crippen molar-refractivity contribution in [2.45, 2.75) is 20.1 Å². The Morgan fingerprint density at radius 2 is 2.17 bits per heavy atom. The van der Waals surface area contributed by atoms with E-state index in [9.17, 15) is 0 Å². The number of thiazole rings is 1. The highest BCUT2D eigenvalue weighted by Crippen LogP contribution is 2.22. The molecule has 0 amide bonds. The van der Waals surface area contributed by atoms with Crippen LogP contribution in [0.3, 0.4) is 0 Å². The van der Waals surface area contributed by atoms with E-state index in [0.717, 1.165) is 16.2 Å². The highest BCUT2D eigenvalue weighted by Gasteiger charge is 2.03. The summed E-state index contributed by atoms with van der Waals surface area (Å²) in [6, 6.07) is 5.98. The van der Waals surface area contributed by atoms with Crippen molar-refractivity contribution < 1.29 is 9.47 Å². The van der Waals surface area contributed by atoms with Crippen LogP contribution in [0.25, 0.3) is 0 Å². The number of benzene rings is 1. The van der Waals surface area contributed by atoms with Crippen LogP contribution in [-0.2, 0) is 18.0 Å². The molecule has 96 valence electrons. The molecule has 0 radical (unpaired) electrons. The van der Waals surface area contributed by atoms with Crippen LogP contribution in [0, 0.1) is 6.92 Å². The zero-order valence-electron chi connectivity index (χ0n) is 10.3. The molecule has 1 aromatic heterocycles. The molecule has 0 N–H and O–H groups in total. The second-order valence-corrected chi connectivity index (χ2v) is 5.59. The monoisotopic (exact) mass is 283 g/mol. The summed E-state index contributed by atoms with van der Waals surface area (Å²) in [6.45, 7) is 3.16. The van der Waals surface area contributed by atoms with E-state index in [2.05, 4.69) is 4.98 Å². The smallest absolute Gasteiger partial charge is 0.183 e. The van der Waals surface area contributed by atoms with Crippen LogP contribution in [0.5, 0.6) is 5.75 Å². The standard InChI is InChI=1S/C13H14ClNO2S/c1-9-5-11(4-3-10(9)7-16-2)17-8-12-6-15-13(14)18-12/h3-6H,7-8H2,1-2H3. The van der Waals surface area contributed by atoms with E-state index in [1.165, 1.54) is 16.9 Å². The predicted octanol–water partition coefficient (Wildman–Crippen LogP) is 3.83. The highest BCUT2D eigenvalue weighted by atomic mass is 35.5. The minimum Gasteiger partial charge on any atom is -0.488 e. The topological polar surface area (TPSA) is 31.4 Å². The van der Waals surface area contributed by atoms with E-state index in [0.29, 0.717) is 17.7 Å². The van der Waals surface area contributed by atoms with E-state index in [1.807, 2.05) is 25.1 Å². The van der Waals surface area contributed by atoms with Gasteiger partial charge in [-0.1, -0.05) is 17.7 Å². The number of hydrogen-bond donors (Lipinski definition) is 0. The van der Waals surface area contributed by atoms with Gasteiger partial charge in [0, 0.05) is 13.3 Å². The van der Waals surface area contributed by atoms with Crippen LogP contribution in [0.2, 0.25) is 4.47 Å². The molecule has 0 fully saturated rings. The van der Waals surface area contributed by atoms with Crippen molar-refractivity contribution in [3.8, 4) is 5.75 Å². The summed E-state index contributed by atoms with van der Waals surface area (Å²) >= 11 is 7.19. The Balaban J connectivity index is 1.99. The third-order valence-corrected chi connectivity index (χ3v) is 3.61. The predicted molar refractivity (Wildman–Crippen MR) is 73.3 cm³/mol. The van der Waals surface area contributed by atoms with Crippen molar-refractivity contribution in [1.29, 1.82) is 0 Å². The molecule has 0 unspecified atom stereocenters. The summed E-state index contributed by atoms with van der Waals surface area (Å²) in [5.74, 6) is 0.844. The molecule has 0 aliphatic rings. The maximum absolute atomic E-state index is 5.76. The van der Waals surface area contributed by atoms with Gasteiger partial charge in [0.1, 0.15) is 12.4 Å². The summed E-state index contributed by atoms with van der Waals surface area (Å²) in [5, 5.41) is 0. The lowest BCUT2D eigenvalue weighted by Crippen LogP contribution is -1.96. The Bertz CT molecular complexity index is 527. The van der Waals surface area contributed by atoms with Crippen LogP contribution < -0.4 is 4.74 Å². The molecule has 18 heavy (non-hydrogen) atoms. The van der Waals surface area contributed by atoms with Gasteiger partial charge in [-0.25, -0.2) is 4.98 Å². The van der Waals surface area contributed by atoms with Gasteiger partial charge in [-0.05, 0) is 30.2 Å². The summed E-state index contributed by atoms with van der Waals surface area (Å²) in [6.07, 6.45) is 1.74. The van der Waals surface area contributed by atoms with Crippen LogP contribution >= 0.6 is 22.9 Å². The Morgan fingerprint density at radius 3 is 2.78 bits per heavy atom. The quantitative estimate of drug-likeness (QED) is 0.836. The van der Waals surface area contributed by atoms with E-state index >= 15 is 0 Å². The van der Waals surface area contributed by atoms with Gasteiger partial charge < -0.3 is 9.47 Å². The molecule has 5 heteroatoms. The molecule has 0 saturated carbocycles. The Kier molecular flexibility index (Phi) is 4.58. The third-order valence-electron chi connectivity index (χ3n) is 2.52. The first-order chi connectivity index (χ1) is 8.69. The Morgan fingerprint density at radius 1 is 1.33 bits per heavy atom. The first-order valence-electron chi connectivity index (χ1n) is 5.50. The Hall–Kier alpha value is -1.10. The number of aryl methyl sites for hydroxylation is 1. The summed E-state index contributed by atoms with van der Waals surface area (Å²) in [4.78, 5) is 4.98. The van der Waals surface area contributed by atoms with Crippen LogP contribution in [0.15, 0.2) is 24.4 Å². The van der Waals surface area contributed by atoms with Crippen LogP contribution in [0.4, 0.5) is 0 Å². The fraction of sp³-hybridized carbons (Fsp3) is 0.308. The second kappa shape index (κ2) is 6.18. The zero-order chi connectivity index (χ0) is 13.0. The van der Waals surface area contributed by atoms with E-state index in [1.54, 1.807) is 13.3 Å². The lowest BCUT2D eigenvalue weighted by atomic mass is 10.1. The van der Waals surface area contributed by atoms with Crippen LogP contribution in [-0.4, -0.2) is 12.1 Å². The molecule has 2 aromatic rings. The molecule has 0 spiro atoms. The molecule has 2 rings (SSSR count). The molecule has 0 aliphatic heterocycles. The van der Waals surface area contributed by atoms with Gasteiger partial charge in [-0.3, -0.25) is 0 Å². The molecule has 0 bridgehead atoms. The van der Waals surface area contributed by atoms with Gasteiger partial charge in [0.05, 0.1) is 11.5 Å². The number of hydrogen-bond acceptors (Lipinski definition) is 4. The molecule has 0 saturated heterocycles. The van der Waals surface area contributed by atoms with E-state index < -0.39 is 0 Å². The van der Waals surface area contributed by atoms with Crippen molar-refractivity contribution in [3.63, 3.8) is 0 Å². The lowest BCUT2D eigenvalue weighted by Gasteiger charge is -2.08. The molecular weight excluding hydrogens is 270 g/mol. The molecule has 0 atom stereocenters. The fourth-order valence-corrected chi connectivity index (χ4v) is 2.47. The average molecular weight is 284 g/mol. The number of ether oxygens (including phenoxy) is 2. The van der Waals surface area contributed by atoms with Crippen LogP contribution in [0.1, 0.15) is 16.0 Å². The normalized spacial score (nSPS) is 10.6. The van der Waals surface area contributed by atoms with E-state index in [4.69, 9.17) is 21.1 Å². The van der Waals surface area contributed by atoms with E-state index in [-0.39, 0.29) is 0 Å². The van der Waals surface area contributed by atoms with Crippen molar-refractivity contribution in [2.75, 3.05) is 7.11 Å². The van der Waals surface area contributed by atoms with Gasteiger partial charge >= 0.3 is 0 Å². The molecule has 0 aliphatic carbocycles. The summed E-state index contributed by atoms with van der Waals surface area (Å²) in [5.41, 5.74) is 2.34. The number of nitrogens with zero attached hydrogens (tertiary/aromatic N) is 1. The van der Waals surface area contributed by atoms with Gasteiger partial charge in [-0.15, -0.1) is 11.3 Å². The number of aromatic nitrogens is 1. The number of methoxy groups -OCH3 is 1. The highest BCUT2D eigenvalue weighted by molar-refractivity contribution is 7.15. The first kappa shape index (κ1) is 13.3. The molecule has 1 heterocycles. The maximum Gasteiger partial charge on any atom is 0.183 e. The third kappa shape index (κ3) is 3.45.